The number of piperazine rings is 1. The van der Waals surface area contributed by atoms with Gasteiger partial charge in [0.15, 0.2) is 0 Å². The van der Waals surface area contributed by atoms with Gasteiger partial charge < -0.3 is 20.3 Å². The van der Waals surface area contributed by atoms with Gasteiger partial charge in [0.2, 0.25) is 11.8 Å². The van der Waals surface area contributed by atoms with Crippen molar-refractivity contribution in [3.05, 3.63) is 0 Å². The van der Waals surface area contributed by atoms with Crippen molar-refractivity contribution in [2.75, 3.05) is 59.0 Å². The molecular weight excluding hydrogens is 379 g/mol. The lowest BCUT2D eigenvalue weighted by Crippen LogP contribution is -2.57. The maximum atomic E-state index is 12.6. The molecular formula is C17H32Cl2N4O3. The van der Waals surface area contributed by atoms with E-state index in [1.165, 1.54) is 12.8 Å². The first kappa shape index (κ1) is 23.4. The first-order valence-corrected chi connectivity index (χ1v) is 9.27. The summed E-state index contributed by atoms with van der Waals surface area (Å²) in [4.78, 5) is 30.9. The van der Waals surface area contributed by atoms with Crippen LogP contribution in [0.2, 0.25) is 0 Å². The van der Waals surface area contributed by atoms with Crippen molar-refractivity contribution in [3.8, 4) is 0 Å². The number of ether oxygens (including phenoxy) is 1. The summed E-state index contributed by atoms with van der Waals surface area (Å²) in [6.07, 6.45) is 4.11. The maximum Gasteiger partial charge on any atom is 0.239 e. The van der Waals surface area contributed by atoms with Crippen LogP contribution in [-0.2, 0) is 14.3 Å². The minimum atomic E-state index is -0.430. The van der Waals surface area contributed by atoms with Gasteiger partial charge >= 0.3 is 0 Å². The number of carbonyl (C=O) groups is 2. The second kappa shape index (κ2) is 11.3. The van der Waals surface area contributed by atoms with E-state index >= 15 is 0 Å². The number of rotatable bonds is 4. The van der Waals surface area contributed by atoms with Gasteiger partial charge in [0.1, 0.15) is 0 Å². The maximum absolute atomic E-state index is 12.6. The summed E-state index contributed by atoms with van der Waals surface area (Å²) >= 11 is 0. The molecule has 7 nitrogen and oxygen atoms in total. The van der Waals surface area contributed by atoms with Gasteiger partial charge in [0.25, 0.3) is 0 Å². The Kier molecular flexibility index (Phi) is 10.2. The number of hydrogen-bond donors (Lipinski definition) is 1. The highest BCUT2D eigenvalue weighted by molar-refractivity contribution is 5.85. The summed E-state index contributed by atoms with van der Waals surface area (Å²) in [5.41, 5.74) is 6.19. The molecule has 2 amide bonds. The molecule has 0 spiro atoms. The first-order valence-electron chi connectivity index (χ1n) is 9.27. The van der Waals surface area contributed by atoms with E-state index in [9.17, 15) is 9.59 Å². The highest BCUT2D eigenvalue weighted by atomic mass is 35.5. The summed E-state index contributed by atoms with van der Waals surface area (Å²) in [7, 11) is 0. The van der Waals surface area contributed by atoms with E-state index in [0.29, 0.717) is 45.9 Å². The number of carbonyl (C=O) groups excluding carboxylic acids is 2. The number of amides is 2. The Balaban J connectivity index is 0.00000169. The molecule has 0 aromatic heterocycles. The van der Waals surface area contributed by atoms with E-state index in [4.69, 9.17) is 10.5 Å². The largest absolute Gasteiger partial charge is 0.381 e. The van der Waals surface area contributed by atoms with Gasteiger partial charge in [-0.25, -0.2) is 0 Å². The first-order chi connectivity index (χ1) is 11.6. The van der Waals surface area contributed by atoms with Crippen LogP contribution in [0.4, 0.5) is 0 Å². The van der Waals surface area contributed by atoms with Crippen molar-refractivity contribution in [2.45, 2.75) is 31.7 Å². The molecule has 0 aliphatic carbocycles. The third kappa shape index (κ3) is 5.96. The fourth-order valence-electron chi connectivity index (χ4n) is 3.90. The minimum absolute atomic E-state index is 0. The van der Waals surface area contributed by atoms with Gasteiger partial charge in [-0.3, -0.25) is 14.5 Å². The molecule has 1 unspecified atom stereocenters. The summed E-state index contributed by atoms with van der Waals surface area (Å²) in [6.45, 7) is 6.43. The predicted molar refractivity (Wildman–Crippen MR) is 105 cm³/mol. The zero-order valence-corrected chi connectivity index (χ0v) is 16.9. The zero-order chi connectivity index (χ0) is 16.9. The van der Waals surface area contributed by atoms with Crippen molar-refractivity contribution in [1.29, 1.82) is 0 Å². The quantitative estimate of drug-likeness (QED) is 0.723. The molecule has 3 saturated heterocycles. The standard InChI is InChI=1S/C17H30N4O3.2ClH/c18-16(14-3-11-24-12-4-14)17(23)21-9-7-20(8-10-21)15(22)13-19-5-1-2-6-19;;/h14,16H,1-13,18H2;2*1H. The van der Waals surface area contributed by atoms with Crippen molar-refractivity contribution in [2.24, 2.45) is 11.7 Å². The molecule has 26 heavy (non-hydrogen) atoms. The molecule has 3 aliphatic heterocycles. The smallest absolute Gasteiger partial charge is 0.239 e. The van der Waals surface area contributed by atoms with E-state index in [2.05, 4.69) is 4.90 Å². The topological polar surface area (TPSA) is 79.1 Å². The fourth-order valence-corrected chi connectivity index (χ4v) is 3.90. The van der Waals surface area contributed by atoms with Crippen LogP contribution in [0.25, 0.3) is 0 Å². The van der Waals surface area contributed by atoms with Crippen LogP contribution in [0, 0.1) is 5.92 Å². The van der Waals surface area contributed by atoms with Gasteiger partial charge in [-0.15, -0.1) is 24.8 Å². The molecule has 3 heterocycles. The van der Waals surface area contributed by atoms with Crippen molar-refractivity contribution >= 4 is 36.6 Å². The minimum Gasteiger partial charge on any atom is -0.381 e. The number of nitrogens with zero attached hydrogens (tertiary/aromatic N) is 3. The molecule has 0 bridgehead atoms. The Morgan fingerprint density at radius 1 is 0.923 bits per heavy atom. The molecule has 152 valence electrons. The van der Waals surface area contributed by atoms with Gasteiger partial charge in [-0.05, 0) is 44.7 Å². The summed E-state index contributed by atoms with van der Waals surface area (Å²) < 4.78 is 5.34. The molecule has 0 aromatic carbocycles. The molecule has 0 saturated carbocycles. The number of likely N-dealkylation sites (tertiary alicyclic amines) is 1. The number of nitrogens with two attached hydrogens (primary N) is 1. The van der Waals surface area contributed by atoms with Gasteiger partial charge in [-0.2, -0.15) is 0 Å². The van der Waals surface area contributed by atoms with E-state index in [0.717, 1.165) is 25.9 Å². The van der Waals surface area contributed by atoms with Crippen LogP contribution in [0.5, 0.6) is 0 Å². The van der Waals surface area contributed by atoms with E-state index in [1.807, 2.05) is 9.80 Å². The summed E-state index contributed by atoms with van der Waals surface area (Å²) in [5.74, 6) is 0.451. The average molecular weight is 411 g/mol. The molecule has 3 fully saturated rings. The summed E-state index contributed by atoms with van der Waals surface area (Å²) in [6, 6.07) is -0.430. The second-order valence-electron chi connectivity index (χ2n) is 7.16. The van der Waals surface area contributed by atoms with Gasteiger partial charge in [0, 0.05) is 39.4 Å². The van der Waals surface area contributed by atoms with E-state index in [1.54, 1.807) is 0 Å². The van der Waals surface area contributed by atoms with E-state index in [-0.39, 0.29) is 42.5 Å². The lowest BCUT2D eigenvalue weighted by Gasteiger charge is -2.38. The Bertz CT molecular complexity index is 449. The van der Waals surface area contributed by atoms with Gasteiger partial charge in [-0.1, -0.05) is 0 Å². The van der Waals surface area contributed by atoms with Crippen LogP contribution in [-0.4, -0.2) is 91.6 Å². The van der Waals surface area contributed by atoms with E-state index < -0.39 is 6.04 Å². The monoisotopic (exact) mass is 410 g/mol. The molecule has 2 N–H and O–H groups in total. The highest BCUT2D eigenvalue weighted by Crippen LogP contribution is 2.19. The van der Waals surface area contributed by atoms with Crippen LogP contribution < -0.4 is 5.73 Å². The zero-order valence-electron chi connectivity index (χ0n) is 15.3. The van der Waals surface area contributed by atoms with Crippen LogP contribution in [0.3, 0.4) is 0 Å². The van der Waals surface area contributed by atoms with Crippen molar-refractivity contribution in [1.82, 2.24) is 14.7 Å². The van der Waals surface area contributed by atoms with Crippen molar-refractivity contribution in [3.63, 3.8) is 0 Å². The Morgan fingerprint density at radius 2 is 1.46 bits per heavy atom. The third-order valence-electron chi connectivity index (χ3n) is 5.56. The second-order valence-corrected chi connectivity index (χ2v) is 7.16. The average Bonchev–Trinajstić information content (AvgIpc) is 3.14. The predicted octanol–water partition coefficient (Wildman–Crippen LogP) is 0.351. The third-order valence-corrected chi connectivity index (χ3v) is 5.56. The van der Waals surface area contributed by atoms with Crippen LogP contribution in [0.15, 0.2) is 0 Å². The Hall–Kier alpha value is -0.600. The molecule has 0 radical (unpaired) electrons. The Morgan fingerprint density at radius 3 is 2.04 bits per heavy atom. The fraction of sp³-hybridized carbons (Fsp3) is 0.882. The normalized spacial score (nSPS) is 23.1. The van der Waals surface area contributed by atoms with Crippen LogP contribution >= 0.6 is 24.8 Å². The molecule has 3 rings (SSSR count). The summed E-state index contributed by atoms with van der Waals surface area (Å²) in [5, 5.41) is 0. The lowest BCUT2D eigenvalue weighted by molar-refractivity contribution is -0.142. The van der Waals surface area contributed by atoms with Crippen LogP contribution in [0.1, 0.15) is 25.7 Å². The molecule has 3 aliphatic rings. The lowest BCUT2D eigenvalue weighted by atomic mass is 9.91. The molecule has 9 heteroatoms. The SMILES string of the molecule is Cl.Cl.NC(C(=O)N1CCN(C(=O)CN2CCCC2)CC1)C1CCOCC1. The Labute approximate surface area is 168 Å². The highest BCUT2D eigenvalue weighted by Gasteiger charge is 2.32. The molecule has 1 atom stereocenters. The number of hydrogen-bond acceptors (Lipinski definition) is 5. The van der Waals surface area contributed by atoms with Gasteiger partial charge in [0.05, 0.1) is 12.6 Å². The number of halogens is 2. The van der Waals surface area contributed by atoms with Crippen molar-refractivity contribution < 1.29 is 14.3 Å². The molecule has 0 aromatic rings.